The van der Waals surface area contributed by atoms with Crippen molar-refractivity contribution in [2.45, 2.75) is 9.79 Å². The fourth-order valence-corrected chi connectivity index (χ4v) is 2.90. The van der Waals surface area contributed by atoms with Crippen molar-refractivity contribution in [1.82, 2.24) is 0 Å². The van der Waals surface area contributed by atoms with Crippen molar-refractivity contribution < 1.29 is 71.6 Å². The summed E-state index contributed by atoms with van der Waals surface area (Å²) in [5.74, 6) is -0.510. The summed E-state index contributed by atoms with van der Waals surface area (Å²) in [6, 6.07) is 6.67. The molecule has 0 amide bonds. The van der Waals surface area contributed by atoms with Crippen LogP contribution in [0.25, 0.3) is 0 Å². The number of hydrogen-bond donors (Lipinski definition) is 5. The Morgan fingerprint density at radius 1 is 0.964 bits per heavy atom. The van der Waals surface area contributed by atoms with Gasteiger partial charge in [-0.05, 0) is 36.4 Å². The summed E-state index contributed by atoms with van der Waals surface area (Å²) in [5, 5.41) is 8.58. The molecule has 0 saturated carbocycles. The van der Waals surface area contributed by atoms with E-state index in [2.05, 4.69) is 0 Å². The molecular formula is C14H17N2NaO9S2. The van der Waals surface area contributed by atoms with Gasteiger partial charge in [0.15, 0.2) is 0 Å². The number of anilines is 2. The minimum Gasteiger partial charge on any atom is -1.00 e. The summed E-state index contributed by atoms with van der Waals surface area (Å²) >= 11 is 0. The van der Waals surface area contributed by atoms with Gasteiger partial charge in [-0.25, -0.2) is 4.79 Å². The number of ether oxygens (including phenoxy) is 1. The summed E-state index contributed by atoms with van der Waals surface area (Å²) < 4.78 is 64.7. The van der Waals surface area contributed by atoms with Gasteiger partial charge in [0.1, 0.15) is 10.6 Å². The molecule has 0 aromatic heterocycles. The van der Waals surface area contributed by atoms with Crippen molar-refractivity contribution >= 4 is 37.6 Å². The number of carbonyl (C=O) groups is 1. The van der Waals surface area contributed by atoms with Crippen LogP contribution in [0.4, 0.5) is 11.4 Å². The van der Waals surface area contributed by atoms with Gasteiger partial charge in [-0.2, -0.15) is 16.8 Å². The smallest absolute Gasteiger partial charge is 1.00 e. The molecule has 0 bridgehead atoms. The van der Waals surface area contributed by atoms with Gasteiger partial charge in [-0.1, -0.05) is 0 Å². The number of nitrogens with two attached hydrogens (primary N) is 2. The van der Waals surface area contributed by atoms with Crippen molar-refractivity contribution in [2.75, 3.05) is 18.6 Å². The number of benzene rings is 2. The van der Waals surface area contributed by atoms with E-state index in [4.69, 9.17) is 30.4 Å². The zero-order valence-corrected chi connectivity index (χ0v) is 18.4. The first-order chi connectivity index (χ1) is 12.3. The predicted molar refractivity (Wildman–Crippen MR) is 96.0 cm³/mol. The van der Waals surface area contributed by atoms with Crippen LogP contribution in [0.2, 0.25) is 0 Å². The summed E-state index contributed by atoms with van der Waals surface area (Å²) in [6.45, 7) is 0. The van der Waals surface area contributed by atoms with Crippen LogP contribution >= 0.6 is 0 Å². The molecule has 0 saturated heterocycles. The third-order valence-corrected chi connectivity index (χ3v) is 4.81. The average molecular weight is 444 g/mol. The van der Waals surface area contributed by atoms with E-state index in [0.717, 1.165) is 18.2 Å². The van der Waals surface area contributed by atoms with E-state index >= 15 is 0 Å². The van der Waals surface area contributed by atoms with Gasteiger partial charge >= 0.3 is 35.5 Å². The minimum atomic E-state index is -4.50. The molecule has 28 heavy (non-hydrogen) atoms. The Morgan fingerprint density at radius 2 is 1.54 bits per heavy atom. The molecule has 2 aromatic rings. The third kappa shape index (κ3) is 7.27. The number of rotatable bonds is 4. The van der Waals surface area contributed by atoms with Crippen LogP contribution in [-0.2, 0) is 20.2 Å². The maximum absolute atomic E-state index is 10.7. The number of methoxy groups -OCH3 is 1. The van der Waals surface area contributed by atoms with Crippen molar-refractivity contribution in [3.05, 3.63) is 42.0 Å². The molecule has 0 aliphatic carbocycles. The third-order valence-electron chi connectivity index (χ3n) is 3.03. The van der Waals surface area contributed by atoms with E-state index in [1.807, 2.05) is 0 Å². The molecule has 2 rings (SSSR count). The zero-order valence-electron chi connectivity index (χ0n) is 15.7. The summed E-state index contributed by atoms with van der Waals surface area (Å²) in [6.07, 6.45) is 0. The Balaban J connectivity index is 0. The van der Waals surface area contributed by atoms with E-state index in [1.165, 1.54) is 25.3 Å². The first-order valence-corrected chi connectivity index (χ1v) is 9.66. The fourth-order valence-electron chi connectivity index (χ4n) is 1.79. The van der Waals surface area contributed by atoms with Gasteiger partial charge in [0.25, 0.3) is 20.2 Å². The normalized spacial score (nSPS) is 10.8. The Hall–Kier alpha value is -1.87. The Kier molecular flexibility index (Phi) is 9.39. The van der Waals surface area contributed by atoms with Gasteiger partial charge in [0, 0.05) is 0 Å². The van der Waals surface area contributed by atoms with Gasteiger partial charge in [-0.3, -0.25) is 9.11 Å². The molecule has 0 aliphatic rings. The topological polar surface area (TPSA) is 207 Å². The number of carboxylic acids is 1. The molecule has 2 aromatic carbocycles. The zero-order chi connectivity index (χ0) is 21.0. The molecule has 0 radical (unpaired) electrons. The first kappa shape index (κ1) is 26.1. The second kappa shape index (κ2) is 10.1. The van der Waals surface area contributed by atoms with Crippen LogP contribution in [0, 0.1) is 0 Å². The molecule has 150 valence electrons. The van der Waals surface area contributed by atoms with Crippen LogP contribution in [0.3, 0.4) is 0 Å². The van der Waals surface area contributed by atoms with Gasteiger partial charge in [0.2, 0.25) is 0 Å². The van der Waals surface area contributed by atoms with Crippen molar-refractivity contribution in [1.29, 1.82) is 0 Å². The van der Waals surface area contributed by atoms with Crippen molar-refractivity contribution in [3.8, 4) is 5.75 Å². The van der Waals surface area contributed by atoms with E-state index in [0.29, 0.717) is 11.4 Å². The van der Waals surface area contributed by atoms with E-state index in [1.54, 1.807) is 0 Å². The molecule has 14 heteroatoms. The molecule has 0 heterocycles. The van der Waals surface area contributed by atoms with Gasteiger partial charge in [-0.15, -0.1) is 0 Å². The largest absolute Gasteiger partial charge is 1.00 e. The molecule has 0 unspecified atom stereocenters. The second-order valence-corrected chi connectivity index (χ2v) is 7.72. The molecular weight excluding hydrogens is 427 g/mol. The summed E-state index contributed by atoms with van der Waals surface area (Å²) in [5.41, 5.74) is 10.7. The SMILES string of the molecule is COc1ccc(C(=O)O)cc1N.Nc1cc(S(=O)(=O)O)ccc1S(=O)(=O)O.[H-].[Na+]. The van der Waals surface area contributed by atoms with Crippen molar-refractivity contribution in [2.24, 2.45) is 0 Å². The van der Waals surface area contributed by atoms with Gasteiger partial charge in [0.05, 0.1) is 28.9 Å². The van der Waals surface area contributed by atoms with E-state index in [9.17, 15) is 21.6 Å². The molecule has 11 nitrogen and oxygen atoms in total. The molecule has 0 aliphatic heterocycles. The average Bonchev–Trinajstić information content (AvgIpc) is 2.53. The minimum absolute atomic E-state index is 0. The molecule has 0 spiro atoms. The monoisotopic (exact) mass is 444 g/mol. The predicted octanol–water partition coefficient (Wildman–Crippen LogP) is -2.15. The first-order valence-electron chi connectivity index (χ1n) is 6.78. The fraction of sp³-hybridized carbons (Fsp3) is 0.0714. The standard InChI is InChI=1S/C8H9NO3.C6H7NO6S2.Na.H/c1-12-7-3-2-5(8(10)11)4-6(7)9;7-5-3-4(14(8,9)10)1-2-6(5)15(11,12)13;;/h2-4H,9H2,1H3,(H,10,11);1-3H,7H2,(H,8,9,10)(H,11,12,13);;/q;;+1;-1. The van der Waals surface area contributed by atoms with Crippen LogP contribution in [0.1, 0.15) is 11.8 Å². The number of carboxylic acid groups (broad SMARTS) is 1. The van der Waals surface area contributed by atoms with E-state index in [-0.39, 0.29) is 36.5 Å². The Morgan fingerprint density at radius 3 is 1.89 bits per heavy atom. The number of aromatic carboxylic acids is 1. The maximum Gasteiger partial charge on any atom is 1.00 e. The molecule has 7 N–H and O–H groups in total. The number of hydrogen-bond acceptors (Lipinski definition) is 8. The Bertz CT molecular complexity index is 1080. The van der Waals surface area contributed by atoms with Gasteiger partial charge < -0.3 is 22.7 Å². The second-order valence-electron chi connectivity index (χ2n) is 4.91. The molecule has 0 atom stereocenters. The van der Waals surface area contributed by atoms with Crippen molar-refractivity contribution in [3.63, 3.8) is 0 Å². The Labute approximate surface area is 184 Å². The van der Waals surface area contributed by atoms with E-state index < -0.39 is 41.7 Å². The number of nitrogen functional groups attached to an aromatic ring is 2. The van der Waals surface area contributed by atoms with Crippen LogP contribution in [0.5, 0.6) is 5.75 Å². The summed E-state index contributed by atoms with van der Waals surface area (Å²) in [4.78, 5) is 9.29. The van der Waals surface area contributed by atoms with Crippen LogP contribution in [-0.4, -0.2) is 44.1 Å². The summed E-state index contributed by atoms with van der Waals surface area (Å²) in [7, 11) is -7.46. The van der Waals surface area contributed by atoms with Crippen LogP contribution < -0.4 is 45.8 Å². The maximum atomic E-state index is 10.7. The van der Waals surface area contributed by atoms with Crippen LogP contribution in [0.15, 0.2) is 46.2 Å². The quantitative estimate of drug-likeness (QED) is 0.195. The molecule has 0 fully saturated rings.